The first kappa shape index (κ1) is 15.4. The zero-order valence-electron chi connectivity index (χ0n) is 12.0. The first-order valence-corrected chi connectivity index (χ1v) is 8.28. The summed E-state index contributed by atoms with van der Waals surface area (Å²) in [7, 11) is 0. The van der Waals surface area contributed by atoms with E-state index < -0.39 is 0 Å². The van der Waals surface area contributed by atoms with Crippen molar-refractivity contribution >= 4 is 17.7 Å². The van der Waals surface area contributed by atoms with Crippen LogP contribution in [0.4, 0.5) is 0 Å². The fourth-order valence-electron chi connectivity index (χ4n) is 2.73. The first-order chi connectivity index (χ1) is 9.70. The third kappa shape index (κ3) is 4.25. The average molecular weight is 293 g/mol. The van der Waals surface area contributed by atoms with Crippen LogP contribution in [0.2, 0.25) is 0 Å². The van der Waals surface area contributed by atoms with E-state index in [1.165, 1.54) is 5.56 Å². The minimum atomic E-state index is 0.0728. The quantitative estimate of drug-likeness (QED) is 0.821. The third-order valence-electron chi connectivity index (χ3n) is 3.94. The van der Waals surface area contributed by atoms with E-state index in [9.17, 15) is 9.90 Å². The molecule has 1 aromatic rings. The van der Waals surface area contributed by atoms with Gasteiger partial charge in [-0.25, -0.2) is 0 Å². The molecule has 0 aromatic heterocycles. The van der Waals surface area contributed by atoms with Crippen molar-refractivity contribution in [2.75, 3.05) is 12.4 Å². The van der Waals surface area contributed by atoms with Gasteiger partial charge in [-0.3, -0.25) is 4.79 Å². The molecule has 20 heavy (non-hydrogen) atoms. The molecule has 0 spiro atoms. The molecule has 0 aliphatic heterocycles. The van der Waals surface area contributed by atoms with E-state index in [1.54, 1.807) is 11.8 Å². The van der Waals surface area contributed by atoms with Crippen molar-refractivity contribution in [2.45, 2.75) is 43.5 Å². The minimum absolute atomic E-state index is 0.0728. The number of amides is 1. The van der Waals surface area contributed by atoms with E-state index in [1.807, 2.05) is 18.2 Å². The number of carbonyl (C=O) groups is 1. The summed E-state index contributed by atoms with van der Waals surface area (Å²) in [5.41, 5.74) is 1.20. The van der Waals surface area contributed by atoms with Crippen LogP contribution in [0, 0.1) is 12.8 Å². The molecule has 0 radical (unpaired) electrons. The van der Waals surface area contributed by atoms with Gasteiger partial charge in [-0.15, -0.1) is 11.8 Å². The summed E-state index contributed by atoms with van der Waals surface area (Å²) in [4.78, 5) is 13.2. The molecule has 1 aliphatic rings. The van der Waals surface area contributed by atoms with Crippen LogP contribution < -0.4 is 5.32 Å². The lowest BCUT2D eigenvalue weighted by atomic mass is 9.85. The van der Waals surface area contributed by atoms with Crippen molar-refractivity contribution in [3.63, 3.8) is 0 Å². The molecule has 2 unspecified atom stereocenters. The molecule has 1 aliphatic carbocycles. The van der Waals surface area contributed by atoms with Crippen molar-refractivity contribution < 1.29 is 9.90 Å². The maximum Gasteiger partial charge on any atom is 0.230 e. The van der Waals surface area contributed by atoms with Crippen LogP contribution in [0.5, 0.6) is 0 Å². The van der Waals surface area contributed by atoms with Crippen molar-refractivity contribution in [3.05, 3.63) is 29.8 Å². The van der Waals surface area contributed by atoms with Gasteiger partial charge in [0.2, 0.25) is 5.91 Å². The number of nitrogens with one attached hydrogen (secondary N) is 1. The van der Waals surface area contributed by atoms with Crippen LogP contribution in [0.1, 0.15) is 31.2 Å². The van der Waals surface area contributed by atoms with Crippen molar-refractivity contribution in [1.29, 1.82) is 0 Å². The van der Waals surface area contributed by atoms with Crippen LogP contribution in [-0.4, -0.2) is 29.4 Å². The number of aliphatic hydroxyl groups excluding tert-OH is 1. The molecule has 4 heteroatoms. The van der Waals surface area contributed by atoms with E-state index >= 15 is 0 Å². The predicted molar refractivity (Wildman–Crippen MR) is 82.9 cm³/mol. The van der Waals surface area contributed by atoms with E-state index in [2.05, 4.69) is 18.3 Å². The fraction of sp³-hybridized carbons (Fsp3) is 0.562. The number of rotatable bonds is 5. The van der Waals surface area contributed by atoms with Crippen LogP contribution >= 0.6 is 11.8 Å². The van der Waals surface area contributed by atoms with E-state index in [4.69, 9.17) is 0 Å². The molecule has 2 atom stereocenters. The maximum atomic E-state index is 12.0. The first-order valence-electron chi connectivity index (χ1n) is 7.29. The Morgan fingerprint density at radius 3 is 2.85 bits per heavy atom. The SMILES string of the molecule is Cc1ccccc1SCC(=O)NC1CCCCC1CO. The number of hydrogen-bond donors (Lipinski definition) is 2. The highest BCUT2D eigenvalue weighted by atomic mass is 32.2. The topological polar surface area (TPSA) is 49.3 Å². The number of aryl methyl sites for hydroxylation is 1. The zero-order chi connectivity index (χ0) is 14.4. The standard InChI is InChI=1S/C16H23NO2S/c1-12-6-2-5-9-15(12)20-11-16(19)17-14-8-4-3-7-13(14)10-18/h2,5-6,9,13-14,18H,3-4,7-8,10-11H2,1H3,(H,17,19). The highest BCUT2D eigenvalue weighted by molar-refractivity contribution is 8.00. The molecular formula is C16H23NO2S. The molecule has 1 fully saturated rings. The van der Waals surface area contributed by atoms with E-state index in [0.29, 0.717) is 5.75 Å². The lowest BCUT2D eigenvalue weighted by Crippen LogP contribution is -2.44. The molecule has 0 bridgehead atoms. The van der Waals surface area contributed by atoms with Crippen molar-refractivity contribution in [2.24, 2.45) is 5.92 Å². The Bertz CT molecular complexity index is 450. The third-order valence-corrected chi connectivity index (χ3v) is 5.12. The van der Waals surface area contributed by atoms with Gasteiger partial charge in [0.1, 0.15) is 0 Å². The van der Waals surface area contributed by atoms with Gasteiger partial charge in [-0.1, -0.05) is 31.0 Å². The molecule has 1 saturated carbocycles. The molecule has 2 N–H and O–H groups in total. The second-order valence-electron chi connectivity index (χ2n) is 5.46. The molecule has 3 nitrogen and oxygen atoms in total. The van der Waals surface area contributed by atoms with Crippen molar-refractivity contribution in [3.8, 4) is 0 Å². The lowest BCUT2D eigenvalue weighted by Gasteiger charge is -2.30. The van der Waals surface area contributed by atoms with Crippen LogP contribution in [0.25, 0.3) is 0 Å². The van der Waals surface area contributed by atoms with Crippen LogP contribution in [0.3, 0.4) is 0 Å². The fourth-order valence-corrected chi connectivity index (χ4v) is 3.57. The summed E-state index contributed by atoms with van der Waals surface area (Å²) in [6, 6.07) is 8.26. The smallest absolute Gasteiger partial charge is 0.230 e. The van der Waals surface area contributed by atoms with Gasteiger partial charge in [-0.05, 0) is 31.4 Å². The van der Waals surface area contributed by atoms with Crippen LogP contribution in [-0.2, 0) is 4.79 Å². The van der Waals surface area contributed by atoms with E-state index in [0.717, 1.165) is 30.6 Å². The van der Waals surface area contributed by atoms with Gasteiger partial charge in [0, 0.05) is 23.5 Å². The molecule has 1 aromatic carbocycles. The second-order valence-corrected chi connectivity index (χ2v) is 6.47. The number of benzene rings is 1. The monoisotopic (exact) mass is 293 g/mol. The van der Waals surface area contributed by atoms with Gasteiger partial charge in [-0.2, -0.15) is 0 Å². The molecule has 1 amide bonds. The molecule has 110 valence electrons. The van der Waals surface area contributed by atoms with E-state index in [-0.39, 0.29) is 24.5 Å². The molecule has 2 rings (SSSR count). The Balaban J connectivity index is 1.82. The summed E-state index contributed by atoms with van der Waals surface area (Å²) in [5, 5.41) is 12.5. The maximum absolute atomic E-state index is 12.0. The highest BCUT2D eigenvalue weighted by Gasteiger charge is 2.25. The molecule has 0 saturated heterocycles. The average Bonchev–Trinajstić information content (AvgIpc) is 2.47. The molecular weight excluding hydrogens is 270 g/mol. The van der Waals surface area contributed by atoms with Crippen LogP contribution in [0.15, 0.2) is 29.2 Å². The number of carbonyl (C=O) groups excluding carboxylic acids is 1. The summed E-state index contributed by atoms with van der Waals surface area (Å²) >= 11 is 1.58. The number of hydrogen-bond acceptors (Lipinski definition) is 3. The van der Waals surface area contributed by atoms with Gasteiger partial charge < -0.3 is 10.4 Å². The second kappa shape index (κ2) is 7.70. The van der Waals surface area contributed by atoms with Crippen molar-refractivity contribution in [1.82, 2.24) is 5.32 Å². The molecule has 0 heterocycles. The van der Waals surface area contributed by atoms with Gasteiger partial charge >= 0.3 is 0 Å². The summed E-state index contributed by atoms with van der Waals surface area (Å²) in [6.45, 7) is 2.24. The van der Waals surface area contributed by atoms with Gasteiger partial charge in [0.15, 0.2) is 0 Å². The Kier molecular flexibility index (Phi) is 5.92. The number of aliphatic hydroxyl groups is 1. The highest BCUT2D eigenvalue weighted by Crippen LogP contribution is 2.25. The Labute approximate surface area is 125 Å². The summed E-state index contributed by atoms with van der Waals surface area (Å²) in [6.07, 6.45) is 4.32. The van der Waals surface area contributed by atoms with Gasteiger partial charge in [0.25, 0.3) is 0 Å². The van der Waals surface area contributed by atoms with Gasteiger partial charge in [0.05, 0.1) is 5.75 Å². The summed E-state index contributed by atoms with van der Waals surface area (Å²) < 4.78 is 0. The summed E-state index contributed by atoms with van der Waals surface area (Å²) in [5.74, 6) is 0.749. The Hall–Kier alpha value is -1.00. The largest absolute Gasteiger partial charge is 0.396 e. The minimum Gasteiger partial charge on any atom is -0.396 e. The predicted octanol–water partition coefficient (Wildman–Crippen LogP) is 2.75. The number of thioether (sulfide) groups is 1. The Morgan fingerprint density at radius 2 is 2.10 bits per heavy atom. The Morgan fingerprint density at radius 1 is 1.35 bits per heavy atom. The lowest BCUT2D eigenvalue weighted by molar-refractivity contribution is -0.120. The normalized spacial score (nSPS) is 22.5. The zero-order valence-corrected chi connectivity index (χ0v) is 12.8.